The van der Waals surface area contributed by atoms with Crippen molar-refractivity contribution in [2.75, 3.05) is 0 Å². The molecule has 130 valence electrons. The average Bonchev–Trinajstić information content (AvgIpc) is 3.29. The number of aromatic nitrogens is 1. The molecule has 0 radical (unpaired) electrons. The lowest BCUT2D eigenvalue weighted by Crippen LogP contribution is -2.32. The Balaban J connectivity index is 1.43. The third-order valence-corrected chi connectivity index (χ3v) is 5.83. The predicted molar refractivity (Wildman–Crippen MR) is 96.6 cm³/mol. The molecular formula is C19H26N2O2S. The molecular weight excluding hydrogens is 320 g/mol. The minimum atomic E-state index is 0.171. The van der Waals surface area contributed by atoms with Crippen LogP contribution in [-0.4, -0.2) is 11.1 Å². The van der Waals surface area contributed by atoms with Crippen LogP contribution in [0.4, 0.5) is 0 Å². The number of carbonyl (C=O) groups excluding carboxylic acids is 1. The molecule has 1 aliphatic carbocycles. The highest BCUT2D eigenvalue weighted by atomic mass is 32.1. The molecule has 1 N–H and O–H groups in total. The monoisotopic (exact) mass is 346 g/mol. The van der Waals surface area contributed by atoms with Crippen molar-refractivity contribution >= 4 is 17.2 Å². The Morgan fingerprint density at radius 1 is 1.38 bits per heavy atom. The van der Waals surface area contributed by atoms with Crippen LogP contribution in [0.3, 0.4) is 0 Å². The van der Waals surface area contributed by atoms with Gasteiger partial charge in [-0.15, -0.1) is 11.3 Å². The maximum atomic E-state index is 12.4. The van der Waals surface area contributed by atoms with Crippen molar-refractivity contribution in [2.24, 2.45) is 11.8 Å². The van der Waals surface area contributed by atoms with Crippen LogP contribution in [0.25, 0.3) is 10.6 Å². The molecule has 24 heavy (non-hydrogen) atoms. The summed E-state index contributed by atoms with van der Waals surface area (Å²) in [6, 6.07) is 5.90. The largest absolute Gasteiger partial charge is 0.355 e. The van der Waals surface area contributed by atoms with Gasteiger partial charge < -0.3 is 9.84 Å². The van der Waals surface area contributed by atoms with E-state index in [1.807, 2.05) is 23.6 Å². The molecule has 1 saturated carbocycles. The van der Waals surface area contributed by atoms with Crippen LogP contribution in [0, 0.1) is 11.8 Å². The third kappa shape index (κ3) is 4.47. The fourth-order valence-corrected chi connectivity index (χ4v) is 4.13. The van der Waals surface area contributed by atoms with Crippen LogP contribution in [0.5, 0.6) is 0 Å². The highest BCUT2D eigenvalue weighted by molar-refractivity contribution is 7.13. The zero-order chi connectivity index (χ0) is 16.8. The van der Waals surface area contributed by atoms with E-state index in [2.05, 4.69) is 17.4 Å². The van der Waals surface area contributed by atoms with Gasteiger partial charge in [-0.25, -0.2) is 0 Å². The molecule has 1 amide bonds. The number of amides is 1. The predicted octanol–water partition coefficient (Wildman–Crippen LogP) is 5.02. The Morgan fingerprint density at radius 2 is 2.21 bits per heavy atom. The van der Waals surface area contributed by atoms with Crippen molar-refractivity contribution in [3.05, 3.63) is 29.3 Å². The normalized spacial score (nSPS) is 20.9. The smallest absolute Gasteiger partial charge is 0.223 e. The zero-order valence-electron chi connectivity index (χ0n) is 14.3. The Hall–Kier alpha value is -1.62. The van der Waals surface area contributed by atoms with Crippen LogP contribution in [-0.2, 0) is 11.3 Å². The lowest BCUT2D eigenvalue weighted by atomic mass is 9.79. The number of rotatable bonds is 7. The zero-order valence-corrected chi connectivity index (χ0v) is 15.1. The SMILES string of the molecule is CCCCC1CCC(C(=O)NCc2cc(-c3cccs3)on2)CC1. The first kappa shape index (κ1) is 17.2. The van der Waals surface area contributed by atoms with Gasteiger partial charge in [0.05, 0.1) is 11.4 Å². The molecule has 0 unspecified atom stereocenters. The summed E-state index contributed by atoms with van der Waals surface area (Å²) in [7, 11) is 0. The van der Waals surface area contributed by atoms with Gasteiger partial charge in [0.1, 0.15) is 5.69 Å². The first-order valence-electron chi connectivity index (χ1n) is 9.03. The standard InChI is InChI=1S/C19H26N2O2S/c1-2-3-5-14-7-9-15(10-8-14)19(22)20-13-16-12-17(23-21-16)18-6-4-11-24-18/h4,6,11-12,14-15H,2-3,5,7-10,13H2,1H3,(H,20,22). The maximum absolute atomic E-state index is 12.4. The number of hydrogen-bond acceptors (Lipinski definition) is 4. The number of nitrogens with one attached hydrogen (secondary N) is 1. The molecule has 0 aliphatic heterocycles. The second-order valence-electron chi connectivity index (χ2n) is 6.74. The number of thiophene rings is 1. The van der Waals surface area contributed by atoms with Gasteiger partial charge in [-0.05, 0) is 43.0 Å². The number of nitrogens with zero attached hydrogens (tertiary/aromatic N) is 1. The molecule has 0 saturated heterocycles. The van der Waals surface area contributed by atoms with Crippen molar-refractivity contribution in [2.45, 2.75) is 58.4 Å². The second kappa shape index (κ2) is 8.47. The summed E-state index contributed by atoms with van der Waals surface area (Å²) in [5.41, 5.74) is 0.781. The summed E-state index contributed by atoms with van der Waals surface area (Å²) < 4.78 is 5.35. The van der Waals surface area contributed by atoms with Gasteiger partial charge in [0.15, 0.2) is 5.76 Å². The molecule has 0 aromatic carbocycles. The summed E-state index contributed by atoms with van der Waals surface area (Å²) in [5, 5.41) is 9.09. The Bertz CT molecular complexity index is 628. The van der Waals surface area contributed by atoms with E-state index in [0.717, 1.165) is 35.1 Å². The van der Waals surface area contributed by atoms with Gasteiger partial charge in [0.25, 0.3) is 0 Å². The Morgan fingerprint density at radius 3 is 2.92 bits per heavy atom. The molecule has 2 aromatic heterocycles. The lowest BCUT2D eigenvalue weighted by Gasteiger charge is -2.27. The van der Waals surface area contributed by atoms with E-state index in [1.54, 1.807) is 11.3 Å². The highest BCUT2D eigenvalue weighted by Crippen LogP contribution is 2.32. The first-order chi connectivity index (χ1) is 11.8. The van der Waals surface area contributed by atoms with E-state index in [9.17, 15) is 4.79 Å². The molecule has 1 aliphatic rings. The topological polar surface area (TPSA) is 55.1 Å². The van der Waals surface area contributed by atoms with Gasteiger partial charge >= 0.3 is 0 Å². The molecule has 5 heteroatoms. The summed E-state index contributed by atoms with van der Waals surface area (Å²) in [4.78, 5) is 13.4. The van der Waals surface area contributed by atoms with Crippen molar-refractivity contribution in [1.29, 1.82) is 0 Å². The number of carbonyl (C=O) groups is 1. The molecule has 2 aromatic rings. The average molecular weight is 346 g/mol. The van der Waals surface area contributed by atoms with E-state index < -0.39 is 0 Å². The molecule has 2 heterocycles. The quantitative estimate of drug-likeness (QED) is 0.766. The number of unbranched alkanes of at least 4 members (excludes halogenated alkanes) is 1. The summed E-state index contributed by atoms with van der Waals surface area (Å²) >= 11 is 1.62. The summed E-state index contributed by atoms with van der Waals surface area (Å²) in [6.45, 7) is 2.69. The van der Waals surface area contributed by atoms with Gasteiger partial charge in [-0.2, -0.15) is 0 Å². The van der Waals surface area contributed by atoms with Gasteiger partial charge in [-0.1, -0.05) is 37.4 Å². The van der Waals surface area contributed by atoms with Crippen LogP contribution < -0.4 is 5.32 Å². The van der Waals surface area contributed by atoms with Crippen LogP contribution in [0.2, 0.25) is 0 Å². The van der Waals surface area contributed by atoms with Crippen molar-refractivity contribution in [3.8, 4) is 10.6 Å². The van der Waals surface area contributed by atoms with E-state index in [1.165, 1.54) is 32.1 Å². The van der Waals surface area contributed by atoms with Gasteiger partial charge in [0, 0.05) is 12.0 Å². The third-order valence-electron chi connectivity index (χ3n) is 4.95. The van der Waals surface area contributed by atoms with E-state index in [0.29, 0.717) is 6.54 Å². The van der Waals surface area contributed by atoms with Gasteiger partial charge in [-0.3, -0.25) is 4.79 Å². The minimum Gasteiger partial charge on any atom is -0.355 e. The van der Waals surface area contributed by atoms with Crippen molar-refractivity contribution in [1.82, 2.24) is 10.5 Å². The highest BCUT2D eigenvalue weighted by Gasteiger charge is 2.25. The molecule has 0 bridgehead atoms. The second-order valence-corrected chi connectivity index (χ2v) is 7.69. The van der Waals surface area contributed by atoms with E-state index >= 15 is 0 Å². The van der Waals surface area contributed by atoms with Gasteiger partial charge in [0.2, 0.25) is 5.91 Å². The van der Waals surface area contributed by atoms with Crippen molar-refractivity contribution in [3.63, 3.8) is 0 Å². The fraction of sp³-hybridized carbons (Fsp3) is 0.579. The summed E-state index contributed by atoms with van der Waals surface area (Å²) in [6.07, 6.45) is 8.37. The molecule has 0 atom stereocenters. The van der Waals surface area contributed by atoms with Crippen LogP contribution in [0.1, 0.15) is 57.6 Å². The number of hydrogen-bond donors (Lipinski definition) is 1. The van der Waals surface area contributed by atoms with Crippen LogP contribution >= 0.6 is 11.3 Å². The Kier molecular flexibility index (Phi) is 6.07. The summed E-state index contributed by atoms with van der Waals surface area (Å²) in [5.74, 6) is 1.94. The van der Waals surface area contributed by atoms with E-state index in [4.69, 9.17) is 4.52 Å². The lowest BCUT2D eigenvalue weighted by molar-refractivity contribution is -0.126. The Labute approximate surface area is 147 Å². The van der Waals surface area contributed by atoms with Crippen LogP contribution in [0.15, 0.2) is 28.1 Å². The first-order valence-corrected chi connectivity index (χ1v) is 9.91. The van der Waals surface area contributed by atoms with Crippen molar-refractivity contribution < 1.29 is 9.32 Å². The molecule has 1 fully saturated rings. The minimum absolute atomic E-state index is 0.171. The fourth-order valence-electron chi connectivity index (χ4n) is 3.46. The molecule has 4 nitrogen and oxygen atoms in total. The van der Waals surface area contributed by atoms with E-state index in [-0.39, 0.29) is 11.8 Å². The molecule has 0 spiro atoms. The molecule has 3 rings (SSSR count). The maximum Gasteiger partial charge on any atom is 0.223 e.